The number of hydrogen-bond acceptors (Lipinski definition) is 5. The molecule has 6 heteroatoms. The normalized spacial score (nSPS) is 17.1. The number of ether oxygens (including phenoxy) is 2. The predicted molar refractivity (Wildman–Crippen MR) is 135 cm³/mol. The van der Waals surface area contributed by atoms with Crippen LogP contribution < -0.4 is 15.0 Å². The SMILES string of the molecule is CCC1(C(=O)O)C=C(c2cc(C(C)C)c(OCc3ccccc3)cc2OCc2ccccc2)ON1. The molecule has 3 aromatic carbocycles. The number of aliphatic carboxylic acids is 1. The molecule has 1 heterocycles. The van der Waals surface area contributed by atoms with Crippen LogP contribution >= 0.6 is 0 Å². The summed E-state index contributed by atoms with van der Waals surface area (Å²) in [5.41, 5.74) is 5.17. The Balaban J connectivity index is 1.73. The molecule has 1 atom stereocenters. The number of carboxylic acids is 1. The van der Waals surface area contributed by atoms with Crippen LogP contribution in [-0.2, 0) is 22.8 Å². The summed E-state index contributed by atoms with van der Waals surface area (Å²) in [7, 11) is 0. The fourth-order valence-corrected chi connectivity index (χ4v) is 3.93. The largest absolute Gasteiger partial charge is 0.488 e. The Hall–Kier alpha value is -3.77. The second-order valence-corrected chi connectivity index (χ2v) is 8.93. The van der Waals surface area contributed by atoms with Gasteiger partial charge >= 0.3 is 5.97 Å². The number of carboxylic acid groups (broad SMARTS) is 1. The van der Waals surface area contributed by atoms with Crippen molar-refractivity contribution in [2.75, 3.05) is 0 Å². The van der Waals surface area contributed by atoms with E-state index in [1.807, 2.05) is 72.8 Å². The van der Waals surface area contributed by atoms with E-state index < -0.39 is 11.5 Å². The average molecular weight is 474 g/mol. The van der Waals surface area contributed by atoms with Gasteiger partial charge in [-0.05, 0) is 41.2 Å². The summed E-state index contributed by atoms with van der Waals surface area (Å²) in [5, 5.41) is 9.78. The van der Waals surface area contributed by atoms with E-state index in [9.17, 15) is 9.90 Å². The minimum absolute atomic E-state index is 0.160. The lowest BCUT2D eigenvalue weighted by Crippen LogP contribution is -2.46. The van der Waals surface area contributed by atoms with Crippen molar-refractivity contribution in [2.45, 2.75) is 51.9 Å². The van der Waals surface area contributed by atoms with Gasteiger partial charge in [-0.15, -0.1) is 5.48 Å². The topological polar surface area (TPSA) is 77.0 Å². The van der Waals surface area contributed by atoms with Crippen molar-refractivity contribution in [3.05, 3.63) is 101 Å². The first-order chi connectivity index (χ1) is 16.9. The molecule has 182 valence electrons. The van der Waals surface area contributed by atoms with Crippen LogP contribution in [0.1, 0.15) is 55.4 Å². The second kappa shape index (κ2) is 10.7. The number of benzene rings is 3. The standard InChI is InChI=1S/C29H31NO5/c1-4-29(28(31)32)17-27(35-30-29)24-15-23(20(2)3)25(33-18-21-11-7-5-8-12-21)16-26(24)34-19-22-13-9-6-10-14-22/h5-17,20,30H,4,18-19H2,1-3H3,(H,31,32). The molecule has 1 aliphatic rings. The highest BCUT2D eigenvalue weighted by Crippen LogP contribution is 2.40. The molecule has 0 saturated heterocycles. The fraction of sp³-hybridized carbons (Fsp3) is 0.276. The van der Waals surface area contributed by atoms with Gasteiger partial charge in [0.15, 0.2) is 11.3 Å². The summed E-state index contributed by atoms with van der Waals surface area (Å²) in [6.45, 7) is 6.77. The Kier molecular flexibility index (Phi) is 7.42. The monoisotopic (exact) mass is 473 g/mol. The van der Waals surface area contributed by atoms with E-state index in [4.69, 9.17) is 14.3 Å². The molecular weight excluding hydrogens is 442 g/mol. The number of carbonyl (C=O) groups is 1. The molecular formula is C29H31NO5. The number of hydrogen-bond donors (Lipinski definition) is 2. The third kappa shape index (κ3) is 5.49. The maximum atomic E-state index is 11.9. The highest BCUT2D eigenvalue weighted by atomic mass is 16.7. The highest BCUT2D eigenvalue weighted by Gasteiger charge is 2.41. The maximum Gasteiger partial charge on any atom is 0.331 e. The minimum Gasteiger partial charge on any atom is -0.488 e. The molecule has 0 aliphatic carbocycles. The van der Waals surface area contributed by atoms with Gasteiger partial charge in [0.25, 0.3) is 0 Å². The quantitative estimate of drug-likeness (QED) is 0.372. The Labute approximate surface area is 206 Å². The molecule has 4 rings (SSSR count). The van der Waals surface area contributed by atoms with E-state index in [2.05, 4.69) is 19.3 Å². The van der Waals surface area contributed by atoms with Gasteiger partial charge in [-0.25, -0.2) is 4.79 Å². The summed E-state index contributed by atoms with van der Waals surface area (Å²) >= 11 is 0. The van der Waals surface area contributed by atoms with Crippen molar-refractivity contribution in [3.63, 3.8) is 0 Å². The summed E-state index contributed by atoms with van der Waals surface area (Å²) < 4.78 is 12.5. The maximum absolute atomic E-state index is 11.9. The van der Waals surface area contributed by atoms with Crippen LogP contribution in [0, 0.1) is 0 Å². The third-order valence-corrected chi connectivity index (χ3v) is 6.13. The summed E-state index contributed by atoms with van der Waals surface area (Å²) in [6, 6.07) is 23.7. The van der Waals surface area contributed by atoms with Gasteiger partial charge in [0.2, 0.25) is 0 Å². The Morgan fingerprint density at radius 1 is 0.943 bits per heavy atom. The molecule has 0 radical (unpaired) electrons. The first-order valence-corrected chi connectivity index (χ1v) is 11.8. The molecule has 0 aromatic heterocycles. The van der Waals surface area contributed by atoms with Gasteiger partial charge in [-0.1, -0.05) is 81.4 Å². The lowest BCUT2D eigenvalue weighted by Gasteiger charge is -2.20. The van der Waals surface area contributed by atoms with E-state index in [1.165, 1.54) is 0 Å². The summed E-state index contributed by atoms with van der Waals surface area (Å²) in [6.07, 6.45) is 1.95. The van der Waals surface area contributed by atoms with E-state index in [0.29, 0.717) is 36.7 Å². The van der Waals surface area contributed by atoms with Crippen LogP contribution in [0.3, 0.4) is 0 Å². The molecule has 0 amide bonds. The van der Waals surface area contributed by atoms with Crippen molar-refractivity contribution >= 4 is 11.7 Å². The summed E-state index contributed by atoms with van der Waals surface area (Å²) in [4.78, 5) is 17.7. The Bertz CT molecular complexity index is 1190. The molecule has 1 aliphatic heterocycles. The van der Waals surface area contributed by atoms with Crippen LogP contribution in [-0.4, -0.2) is 16.6 Å². The van der Waals surface area contributed by atoms with Crippen LogP contribution in [0.5, 0.6) is 11.5 Å². The summed E-state index contributed by atoms with van der Waals surface area (Å²) in [5.74, 6) is 0.879. The molecule has 3 aromatic rings. The van der Waals surface area contributed by atoms with Crippen LogP contribution in [0.2, 0.25) is 0 Å². The van der Waals surface area contributed by atoms with Crippen molar-refractivity contribution in [1.82, 2.24) is 5.48 Å². The van der Waals surface area contributed by atoms with Gasteiger partial charge < -0.3 is 19.4 Å². The smallest absolute Gasteiger partial charge is 0.331 e. The van der Waals surface area contributed by atoms with Crippen LogP contribution in [0.4, 0.5) is 0 Å². The third-order valence-electron chi connectivity index (χ3n) is 6.13. The van der Waals surface area contributed by atoms with Gasteiger partial charge in [-0.3, -0.25) is 0 Å². The number of nitrogens with one attached hydrogen (secondary N) is 1. The molecule has 0 bridgehead atoms. The second-order valence-electron chi connectivity index (χ2n) is 8.93. The average Bonchev–Trinajstić information content (AvgIpc) is 3.33. The Morgan fingerprint density at radius 2 is 1.51 bits per heavy atom. The van der Waals surface area contributed by atoms with Crippen molar-refractivity contribution in [2.24, 2.45) is 0 Å². The molecule has 35 heavy (non-hydrogen) atoms. The van der Waals surface area contributed by atoms with Gasteiger partial charge in [0.1, 0.15) is 24.7 Å². The van der Waals surface area contributed by atoms with E-state index in [0.717, 1.165) is 22.4 Å². The van der Waals surface area contributed by atoms with Crippen LogP contribution in [0.15, 0.2) is 78.9 Å². The highest BCUT2D eigenvalue weighted by molar-refractivity contribution is 5.86. The fourth-order valence-electron chi connectivity index (χ4n) is 3.93. The van der Waals surface area contributed by atoms with Crippen molar-refractivity contribution in [1.29, 1.82) is 0 Å². The van der Waals surface area contributed by atoms with Gasteiger partial charge in [-0.2, -0.15) is 0 Å². The zero-order valence-electron chi connectivity index (χ0n) is 20.3. The number of rotatable bonds is 10. The zero-order chi connectivity index (χ0) is 24.8. The van der Waals surface area contributed by atoms with Crippen molar-refractivity contribution < 1.29 is 24.2 Å². The molecule has 2 N–H and O–H groups in total. The van der Waals surface area contributed by atoms with Crippen molar-refractivity contribution in [3.8, 4) is 11.5 Å². The first-order valence-electron chi connectivity index (χ1n) is 11.8. The molecule has 6 nitrogen and oxygen atoms in total. The molecule has 1 unspecified atom stereocenters. The molecule has 0 spiro atoms. The minimum atomic E-state index is -1.29. The molecule has 0 saturated carbocycles. The van der Waals surface area contributed by atoms with Crippen LogP contribution in [0.25, 0.3) is 5.76 Å². The van der Waals surface area contributed by atoms with Gasteiger partial charge in [0.05, 0.1) is 5.56 Å². The van der Waals surface area contributed by atoms with Gasteiger partial charge in [0, 0.05) is 6.07 Å². The van der Waals surface area contributed by atoms with E-state index >= 15 is 0 Å². The lowest BCUT2D eigenvalue weighted by atomic mass is 9.94. The first kappa shape index (κ1) is 24.4. The number of hydroxylamine groups is 1. The lowest BCUT2D eigenvalue weighted by molar-refractivity contribution is -0.145. The predicted octanol–water partition coefficient (Wildman–Crippen LogP) is 6.08. The van der Waals surface area contributed by atoms with E-state index in [1.54, 1.807) is 13.0 Å². The molecule has 0 fully saturated rings. The van der Waals surface area contributed by atoms with E-state index in [-0.39, 0.29) is 5.92 Å². The zero-order valence-corrected chi connectivity index (χ0v) is 20.3. The Morgan fingerprint density at radius 3 is 2.00 bits per heavy atom.